The summed E-state index contributed by atoms with van der Waals surface area (Å²) in [4.78, 5) is 27.3. The Balaban J connectivity index is 2.49. The van der Waals surface area contributed by atoms with Crippen LogP contribution in [0.15, 0.2) is 0 Å². The first-order chi connectivity index (χ1) is 8.96. The maximum Gasteiger partial charge on any atom is 0.319 e. The molecule has 0 bridgehead atoms. The molecule has 110 valence electrons. The molecule has 0 aliphatic carbocycles. The van der Waals surface area contributed by atoms with Crippen molar-refractivity contribution in [1.82, 2.24) is 9.80 Å². The number of likely N-dealkylation sites (N-methyl/N-ethyl adjacent to an activating group) is 1. The lowest BCUT2D eigenvalue weighted by atomic mass is 9.92. The predicted molar refractivity (Wildman–Crippen MR) is 73.7 cm³/mol. The average molecular weight is 270 g/mol. The molecule has 5 nitrogen and oxygen atoms in total. The van der Waals surface area contributed by atoms with Crippen molar-refractivity contribution in [2.45, 2.75) is 27.2 Å². The Morgan fingerprint density at radius 2 is 1.79 bits per heavy atom. The SMILES string of the molecule is CCN(CC(=O)OC)CC(=O)N1CC(C)CC(C)C1. The standard InChI is InChI=1S/C14H26N2O3/c1-5-15(10-14(18)19-4)9-13(17)16-7-11(2)6-12(3)8-16/h11-12H,5-10H2,1-4H3. The van der Waals surface area contributed by atoms with Gasteiger partial charge in [0, 0.05) is 13.1 Å². The molecule has 1 fully saturated rings. The normalized spacial score (nSPS) is 23.5. The summed E-state index contributed by atoms with van der Waals surface area (Å²) < 4.78 is 4.64. The fourth-order valence-electron chi connectivity index (χ4n) is 2.68. The van der Waals surface area contributed by atoms with E-state index in [4.69, 9.17) is 0 Å². The van der Waals surface area contributed by atoms with Crippen LogP contribution < -0.4 is 0 Å². The Morgan fingerprint density at radius 3 is 2.26 bits per heavy atom. The summed E-state index contributed by atoms with van der Waals surface area (Å²) >= 11 is 0. The van der Waals surface area contributed by atoms with Crippen LogP contribution >= 0.6 is 0 Å². The average Bonchev–Trinajstić information content (AvgIpc) is 2.36. The van der Waals surface area contributed by atoms with Gasteiger partial charge in [0.2, 0.25) is 5.91 Å². The van der Waals surface area contributed by atoms with E-state index < -0.39 is 0 Å². The lowest BCUT2D eigenvalue weighted by Crippen LogP contribution is -2.47. The Bertz CT molecular complexity index is 310. The van der Waals surface area contributed by atoms with Gasteiger partial charge in [-0.05, 0) is 24.8 Å². The van der Waals surface area contributed by atoms with Crippen molar-refractivity contribution in [3.05, 3.63) is 0 Å². The van der Waals surface area contributed by atoms with Gasteiger partial charge >= 0.3 is 5.97 Å². The van der Waals surface area contributed by atoms with Gasteiger partial charge in [0.1, 0.15) is 0 Å². The number of piperidine rings is 1. The number of methoxy groups -OCH3 is 1. The molecule has 0 radical (unpaired) electrons. The van der Waals surface area contributed by atoms with E-state index in [1.165, 1.54) is 13.5 Å². The second-order valence-electron chi connectivity index (χ2n) is 5.62. The Kier molecular flexibility index (Phi) is 6.28. The molecule has 1 saturated heterocycles. The summed E-state index contributed by atoms with van der Waals surface area (Å²) in [5.41, 5.74) is 0. The maximum atomic E-state index is 12.3. The molecule has 0 aromatic rings. The van der Waals surface area contributed by atoms with Gasteiger partial charge < -0.3 is 9.64 Å². The van der Waals surface area contributed by atoms with Gasteiger partial charge in [-0.2, -0.15) is 0 Å². The zero-order chi connectivity index (χ0) is 14.4. The molecule has 2 atom stereocenters. The second kappa shape index (κ2) is 7.48. The summed E-state index contributed by atoms with van der Waals surface area (Å²) in [6.07, 6.45) is 1.18. The summed E-state index contributed by atoms with van der Waals surface area (Å²) in [7, 11) is 1.37. The van der Waals surface area contributed by atoms with Crippen molar-refractivity contribution in [3.63, 3.8) is 0 Å². The summed E-state index contributed by atoms with van der Waals surface area (Å²) in [6.45, 7) is 9.11. The first kappa shape index (κ1) is 16.0. The van der Waals surface area contributed by atoms with E-state index in [1.54, 1.807) is 0 Å². The van der Waals surface area contributed by atoms with E-state index in [1.807, 2.05) is 16.7 Å². The molecule has 1 aliphatic heterocycles. The molecular weight excluding hydrogens is 244 g/mol. The largest absolute Gasteiger partial charge is 0.468 e. The van der Waals surface area contributed by atoms with Crippen molar-refractivity contribution in [2.75, 3.05) is 39.8 Å². The van der Waals surface area contributed by atoms with Gasteiger partial charge in [-0.3, -0.25) is 14.5 Å². The molecule has 0 aromatic heterocycles. The minimum atomic E-state index is -0.296. The Morgan fingerprint density at radius 1 is 1.21 bits per heavy atom. The lowest BCUT2D eigenvalue weighted by molar-refractivity contribution is -0.143. The van der Waals surface area contributed by atoms with Crippen molar-refractivity contribution in [2.24, 2.45) is 11.8 Å². The van der Waals surface area contributed by atoms with Gasteiger partial charge in [-0.1, -0.05) is 20.8 Å². The number of carbonyl (C=O) groups excluding carboxylic acids is 2. The third-order valence-corrected chi connectivity index (χ3v) is 3.61. The highest BCUT2D eigenvalue weighted by Crippen LogP contribution is 2.20. The molecule has 0 aromatic carbocycles. The second-order valence-corrected chi connectivity index (χ2v) is 5.62. The third kappa shape index (κ3) is 5.19. The van der Waals surface area contributed by atoms with Gasteiger partial charge in [0.05, 0.1) is 20.2 Å². The highest BCUT2D eigenvalue weighted by atomic mass is 16.5. The van der Waals surface area contributed by atoms with Crippen LogP contribution in [0.3, 0.4) is 0 Å². The van der Waals surface area contributed by atoms with E-state index in [0.717, 1.165) is 13.1 Å². The molecule has 1 amide bonds. The molecule has 0 spiro atoms. The van der Waals surface area contributed by atoms with Crippen LogP contribution in [0, 0.1) is 11.8 Å². The first-order valence-electron chi connectivity index (χ1n) is 7.03. The highest BCUT2D eigenvalue weighted by molar-refractivity contribution is 5.79. The Hall–Kier alpha value is -1.10. The zero-order valence-electron chi connectivity index (χ0n) is 12.5. The van der Waals surface area contributed by atoms with E-state index in [-0.39, 0.29) is 18.4 Å². The molecule has 1 rings (SSSR count). The van der Waals surface area contributed by atoms with Crippen molar-refractivity contribution >= 4 is 11.9 Å². The number of carbonyl (C=O) groups is 2. The molecule has 5 heteroatoms. The fourth-order valence-corrected chi connectivity index (χ4v) is 2.68. The van der Waals surface area contributed by atoms with Gasteiger partial charge in [0.25, 0.3) is 0 Å². The smallest absolute Gasteiger partial charge is 0.319 e. The number of amides is 1. The minimum absolute atomic E-state index is 0.115. The Labute approximate surface area is 115 Å². The highest BCUT2D eigenvalue weighted by Gasteiger charge is 2.26. The number of likely N-dealkylation sites (tertiary alicyclic amines) is 1. The summed E-state index contributed by atoms with van der Waals surface area (Å²) in [6, 6.07) is 0. The summed E-state index contributed by atoms with van der Waals surface area (Å²) in [5.74, 6) is 0.936. The summed E-state index contributed by atoms with van der Waals surface area (Å²) in [5, 5.41) is 0. The van der Waals surface area contributed by atoms with Crippen molar-refractivity contribution in [1.29, 1.82) is 0 Å². The quantitative estimate of drug-likeness (QED) is 0.699. The van der Waals surface area contributed by atoms with Crippen LogP contribution in [0.2, 0.25) is 0 Å². The number of hydrogen-bond donors (Lipinski definition) is 0. The van der Waals surface area contributed by atoms with E-state index >= 15 is 0 Å². The number of nitrogens with zero attached hydrogens (tertiary/aromatic N) is 2. The van der Waals surface area contributed by atoms with Gasteiger partial charge in [-0.15, -0.1) is 0 Å². The maximum absolute atomic E-state index is 12.3. The van der Waals surface area contributed by atoms with E-state index in [2.05, 4.69) is 18.6 Å². The number of ether oxygens (including phenoxy) is 1. The third-order valence-electron chi connectivity index (χ3n) is 3.61. The monoisotopic (exact) mass is 270 g/mol. The number of hydrogen-bond acceptors (Lipinski definition) is 4. The molecular formula is C14H26N2O3. The molecule has 1 heterocycles. The van der Waals surface area contributed by atoms with E-state index in [0.29, 0.717) is 24.9 Å². The molecule has 1 aliphatic rings. The molecule has 19 heavy (non-hydrogen) atoms. The lowest BCUT2D eigenvalue weighted by Gasteiger charge is -2.36. The fraction of sp³-hybridized carbons (Fsp3) is 0.857. The van der Waals surface area contributed by atoms with Crippen molar-refractivity contribution in [3.8, 4) is 0 Å². The predicted octanol–water partition coefficient (Wildman–Crippen LogP) is 0.986. The zero-order valence-corrected chi connectivity index (χ0v) is 12.5. The van der Waals surface area contributed by atoms with Crippen LogP contribution in [0.5, 0.6) is 0 Å². The number of rotatable bonds is 5. The van der Waals surface area contributed by atoms with Crippen LogP contribution in [0.25, 0.3) is 0 Å². The minimum Gasteiger partial charge on any atom is -0.468 e. The molecule has 2 unspecified atom stereocenters. The molecule has 0 saturated carbocycles. The first-order valence-corrected chi connectivity index (χ1v) is 7.03. The van der Waals surface area contributed by atoms with Crippen LogP contribution in [0.4, 0.5) is 0 Å². The van der Waals surface area contributed by atoms with Crippen LogP contribution in [-0.2, 0) is 14.3 Å². The van der Waals surface area contributed by atoms with Crippen LogP contribution in [0.1, 0.15) is 27.2 Å². The molecule has 0 N–H and O–H groups in total. The van der Waals surface area contributed by atoms with Crippen molar-refractivity contribution < 1.29 is 14.3 Å². The van der Waals surface area contributed by atoms with E-state index in [9.17, 15) is 9.59 Å². The van der Waals surface area contributed by atoms with Gasteiger partial charge in [-0.25, -0.2) is 0 Å². The van der Waals surface area contributed by atoms with Gasteiger partial charge in [0.15, 0.2) is 0 Å². The topological polar surface area (TPSA) is 49.9 Å². The van der Waals surface area contributed by atoms with Crippen LogP contribution in [-0.4, -0.2) is 61.5 Å². The number of esters is 1.